The predicted octanol–water partition coefficient (Wildman–Crippen LogP) is 2.73. The first-order valence-electron chi connectivity index (χ1n) is 9.86. The Morgan fingerprint density at radius 2 is 1.65 bits per heavy atom. The van der Waals surface area contributed by atoms with Gasteiger partial charge in [-0.05, 0) is 43.2 Å². The van der Waals surface area contributed by atoms with Crippen LogP contribution in [0.1, 0.15) is 18.4 Å². The second-order valence-electron chi connectivity index (χ2n) is 7.60. The number of rotatable bonds is 5. The van der Waals surface area contributed by atoms with E-state index in [1.807, 2.05) is 0 Å². The van der Waals surface area contributed by atoms with Crippen molar-refractivity contribution in [1.29, 1.82) is 0 Å². The lowest BCUT2D eigenvalue weighted by Gasteiger charge is -2.35. The molecule has 0 spiro atoms. The monoisotopic (exact) mass is 449 g/mol. The summed E-state index contributed by atoms with van der Waals surface area (Å²) in [5.74, 6) is -2.44. The van der Waals surface area contributed by atoms with Crippen molar-refractivity contribution >= 4 is 27.6 Å². The molecule has 0 aromatic heterocycles. The summed E-state index contributed by atoms with van der Waals surface area (Å²) in [5.41, 5.74) is 0.276. The minimum absolute atomic E-state index is 0.0559. The quantitative estimate of drug-likeness (QED) is 0.658. The summed E-state index contributed by atoms with van der Waals surface area (Å²) in [6, 6.07) is 10.7. The van der Waals surface area contributed by atoms with Gasteiger partial charge in [0.2, 0.25) is 10.0 Å². The zero-order valence-electron chi connectivity index (χ0n) is 16.6. The molecule has 2 aromatic carbocycles. The van der Waals surface area contributed by atoms with Gasteiger partial charge in [0.05, 0.1) is 11.4 Å². The Hall–Kier alpha value is -2.85. The number of hydrogen-bond donors (Lipinski definition) is 0. The summed E-state index contributed by atoms with van der Waals surface area (Å²) in [6.07, 6.45) is 0.707. The third-order valence-electron chi connectivity index (χ3n) is 5.61. The number of nitrogens with zero attached hydrogens (tertiary/aromatic N) is 3. The molecule has 4 rings (SSSR count). The van der Waals surface area contributed by atoms with Crippen LogP contribution in [0, 0.1) is 11.6 Å². The van der Waals surface area contributed by atoms with Crippen molar-refractivity contribution < 1.29 is 26.8 Å². The first kappa shape index (κ1) is 21.4. The minimum Gasteiger partial charge on any atom is -0.312 e. The number of carbonyl (C=O) groups is 2. The first-order chi connectivity index (χ1) is 14.8. The van der Waals surface area contributed by atoms with E-state index in [0.29, 0.717) is 18.5 Å². The van der Waals surface area contributed by atoms with E-state index < -0.39 is 33.4 Å². The maximum absolute atomic E-state index is 13.9. The van der Waals surface area contributed by atoms with Crippen LogP contribution in [0.4, 0.5) is 19.3 Å². The second-order valence-corrected chi connectivity index (χ2v) is 9.57. The molecule has 3 amide bonds. The summed E-state index contributed by atoms with van der Waals surface area (Å²) in [7, 11) is -3.85. The fourth-order valence-corrected chi connectivity index (χ4v) is 5.57. The van der Waals surface area contributed by atoms with Crippen molar-refractivity contribution in [2.45, 2.75) is 24.6 Å². The fraction of sp³-hybridized carbons (Fsp3) is 0.333. The SMILES string of the molecule is O=C1CN(C2CCN(S(=O)(=O)Cc3cc(F)ccc3F)CC2)C(=O)N1c1ccccc1. The molecular formula is C21H21F2N3O4S. The molecule has 7 nitrogen and oxygen atoms in total. The number of sulfonamides is 1. The van der Waals surface area contributed by atoms with Gasteiger partial charge < -0.3 is 4.90 Å². The number of piperidine rings is 1. The van der Waals surface area contributed by atoms with Crippen LogP contribution in [-0.2, 0) is 20.6 Å². The van der Waals surface area contributed by atoms with Gasteiger partial charge >= 0.3 is 6.03 Å². The van der Waals surface area contributed by atoms with Gasteiger partial charge in [-0.2, -0.15) is 0 Å². The molecule has 10 heteroatoms. The highest BCUT2D eigenvalue weighted by molar-refractivity contribution is 7.88. The van der Waals surface area contributed by atoms with E-state index in [1.54, 1.807) is 30.3 Å². The number of benzene rings is 2. The number of hydrogen-bond acceptors (Lipinski definition) is 4. The molecule has 0 aliphatic carbocycles. The molecule has 0 radical (unpaired) electrons. The van der Waals surface area contributed by atoms with E-state index in [1.165, 1.54) is 9.21 Å². The normalized spacial score (nSPS) is 18.8. The molecule has 2 aromatic rings. The Bertz CT molecular complexity index is 1100. The first-order valence-corrected chi connectivity index (χ1v) is 11.5. The summed E-state index contributed by atoms with van der Waals surface area (Å²) in [5, 5.41) is 0. The Labute approximate surface area is 178 Å². The zero-order valence-corrected chi connectivity index (χ0v) is 17.4. The zero-order chi connectivity index (χ0) is 22.2. The van der Waals surface area contributed by atoms with E-state index in [-0.39, 0.29) is 37.1 Å². The Kier molecular flexibility index (Phi) is 5.76. The van der Waals surface area contributed by atoms with E-state index >= 15 is 0 Å². The van der Waals surface area contributed by atoms with Gasteiger partial charge in [-0.25, -0.2) is 31.2 Å². The molecule has 0 unspecified atom stereocenters. The highest BCUT2D eigenvalue weighted by Gasteiger charge is 2.42. The average Bonchev–Trinajstić information content (AvgIpc) is 3.05. The van der Waals surface area contributed by atoms with Gasteiger partial charge in [-0.15, -0.1) is 0 Å². The summed E-state index contributed by atoms with van der Waals surface area (Å²) in [6.45, 7) is 0.208. The van der Waals surface area contributed by atoms with Gasteiger partial charge in [-0.3, -0.25) is 4.79 Å². The van der Waals surface area contributed by atoms with Crippen LogP contribution < -0.4 is 4.90 Å². The summed E-state index contributed by atoms with van der Waals surface area (Å²) < 4.78 is 53.8. The molecule has 164 valence electrons. The van der Waals surface area contributed by atoms with Gasteiger partial charge in [0.15, 0.2) is 0 Å². The summed E-state index contributed by atoms with van der Waals surface area (Å²) in [4.78, 5) is 27.9. The van der Waals surface area contributed by atoms with Crippen molar-refractivity contribution in [3.05, 3.63) is 65.7 Å². The third kappa shape index (κ3) is 4.31. The standard InChI is InChI=1S/C21H21F2N3O4S/c22-16-6-7-19(23)15(12-16)14-31(29,30)24-10-8-17(9-11-24)25-13-20(27)26(21(25)28)18-4-2-1-3-5-18/h1-7,12,17H,8-11,13-14H2. The van der Waals surface area contributed by atoms with Gasteiger partial charge in [-0.1, -0.05) is 18.2 Å². The average molecular weight is 449 g/mol. The van der Waals surface area contributed by atoms with Crippen molar-refractivity contribution in [3.8, 4) is 0 Å². The summed E-state index contributed by atoms with van der Waals surface area (Å²) >= 11 is 0. The number of urea groups is 1. The van der Waals surface area contributed by atoms with Crippen molar-refractivity contribution in [2.24, 2.45) is 0 Å². The molecular weight excluding hydrogens is 428 g/mol. The fourth-order valence-electron chi connectivity index (χ4n) is 4.01. The molecule has 2 fully saturated rings. The number of imide groups is 1. The lowest BCUT2D eigenvalue weighted by Crippen LogP contribution is -2.48. The highest BCUT2D eigenvalue weighted by Crippen LogP contribution is 2.27. The number of para-hydroxylation sites is 1. The molecule has 2 heterocycles. The van der Waals surface area contributed by atoms with Crippen LogP contribution in [0.3, 0.4) is 0 Å². The minimum atomic E-state index is -3.85. The van der Waals surface area contributed by atoms with Crippen LogP contribution >= 0.6 is 0 Å². The van der Waals surface area contributed by atoms with E-state index in [2.05, 4.69) is 0 Å². The van der Waals surface area contributed by atoms with Crippen LogP contribution in [0.25, 0.3) is 0 Å². The Morgan fingerprint density at radius 1 is 0.968 bits per heavy atom. The highest BCUT2D eigenvalue weighted by atomic mass is 32.2. The smallest absolute Gasteiger partial charge is 0.312 e. The molecule has 0 bridgehead atoms. The lowest BCUT2D eigenvalue weighted by atomic mass is 10.1. The van der Waals surface area contributed by atoms with E-state index in [4.69, 9.17) is 0 Å². The Balaban J connectivity index is 1.41. The van der Waals surface area contributed by atoms with Gasteiger partial charge in [0, 0.05) is 24.7 Å². The maximum Gasteiger partial charge on any atom is 0.332 e. The van der Waals surface area contributed by atoms with E-state index in [9.17, 15) is 26.8 Å². The molecule has 0 saturated carbocycles. The molecule has 31 heavy (non-hydrogen) atoms. The van der Waals surface area contributed by atoms with Crippen LogP contribution in [0.2, 0.25) is 0 Å². The van der Waals surface area contributed by atoms with Crippen LogP contribution in [0.15, 0.2) is 48.5 Å². The molecule has 2 aliphatic heterocycles. The van der Waals surface area contributed by atoms with Crippen molar-refractivity contribution in [2.75, 3.05) is 24.5 Å². The Morgan fingerprint density at radius 3 is 2.32 bits per heavy atom. The predicted molar refractivity (Wildman–Crippen MR) is 110 cm³/mol. The van der Waals surface area contributed by atoms with Gasteiger partial charge in [0.1, 0.15) is 18.2 Å². The van der Waals surface area contributed by atoms with E-state index in [0.717, 1.165) is 23.1 Å². The molecule has 0 N–H and O–H groups in total. The van der Waals surface area contributed by atoms with Crippen molar-refractivity contribution in [3.63, 3.8) is 0 Å². The maximum atomic E-state index is 13.9. The molecule has 0 atom stereocenters. The van der Waals surface area contributed by atoms with Gasteiger partial charge in [0.25, 0.3) is 5.91 Å². The number of anilines is 1. The lowest BCUT2D eigenvalue weighted by molar-refractivity contribution is -0.116. The number of carbonyl (C=O) groups excluding carboxylic acids is 2. The molecule has 2 saturated heterocycles. The second kappa shape index (κ2) is 8.35. The largest absolute Gasteiger partial charge is 0.332 e. The van der Waals surface area contributed by atoms with Crippen molar-refractivity contribution in [1.82, 2.24) is 9.21 Å². The molecule has 2 aliphatic rings. The van der Waals surface area contributed by atoms with Crippen LogP contribution in [-0.4, -0.2) is 55.2 Å². The third-order valence-corrected chi connectivity index (χ3v) is 7.44. The number of halogens is 2. The number of amides is 3. The topological polar surface area (TPSA) is 78.0 Å². The van der Waals surface area contributed by atoms with Crippen LogP contribution in [0.5, 0.6) is 0 Å².